The van der Waals surface area contributed by atoms with E-state index >= 15 is 0 Å². The second-order valence-electron chi connectivity index (χ2n) is 5.95. The van der Waals surface area contributed by atoms with Crippen LogP contribution in [0.4, 0.5) is 0 Å². The molecule has 0 aliphatic heterocycles. The van der Waals surface area contributed by atoms with Gasteiger partial charge in [-0.1, -0.05) is 6.07 Å². The monoisotopic (exact) mass is 501 g/mol. The van der Waals surface area contributed by atoms with Crippen molar-refractivity contribution in [3.05, 3.63) is 46.2 Å². The number of guanidine groups is 1. The van der Waals surface area contributed by atoms with Crippen molar-refractivity contribution in [2.75, 3.05) is 7.05 Å². The van der Waals surface area contributed by atoms with Crippen LogP contribution in [-0.4, -0.2) is 47.4 Å². The Balaban J connectivity index is 0.00000261. The van der Waals surface area contributed by atoms with E-state index in [-0.39, 0.29) is 24.0 Å². The summed E-state index contributed by atoms with van der Waals surface area (Å²) in [6.07, 6.45) is 1.56. The van der Waals surface area contributed by atoms with Crippen molar-refractivity contribution in [1.29, 1.82) is 0 Å². The molecule has 3 heterocycles. The maximum absolute atomic E-state index is 4.73. The standard InChI is InChI=1S/C16H23N9S.HI/c1-12-21-22-14(24(12)3)9-18-16(17-8-13-6-5-7-26-13)23(2)10-15-19-11-20-25(15)4;/h5-7,11H,8-10H2,1-4H3,(H,17,18);1H. The third kappa shape index (κ3) is 5.48. The van der Waals surface area contributed by atoms with E-state index in [1.807, 2.05) is 43.6 Å². The summed E-state index contributed by atoms with van der Waals surface area (Å²) in [6.45, 7) is 3.70. The highest BCUT2D eigenvalue weighted by Gasteiger charge is 2.12. The molecule has 11 heteroatoms. The summed E-state index contributed by atoms with van der Waals surface area (Å²) in [7, 11) is 5.81. The SMILES string of the molecule is Cc1nnc(CN=C(NCc2cccs2)N(C)Cc2ncnn2C)n1C.I. The minimum atomic E-state index is 0. The molecule has 0 fully saturated rings. The minimum Gasteiger partial charge on any atom is -0.351 e. The molecular weight excluding hydrogens is 477 g/mol. The van der Waals surface area contributed by atoms with Gasteiger partial charge in [-0.3, -0.25) is 4.68 Å². The van der Waals surface area contributed by atoms with Crippen LogP contribution < -0.4 is 5.32 Å². The summed E-state index contributed by atoms with van der Waals surface area (Å²) in [5.74, 6) is 3.34. The van der Waals surface area contributed by atoms with E-state index in [4.69, 9.17) is 4.99 Å². The number of hydrogen-bond donors (Lipinski definition) is 1. The molecule has 3 aromatic rings. The van der Waals surface area contributed by atoms with Gasteiger partial charge in [-0.05, 0) is 18.4 Å². The van der Waals surface area contributed by atoms with Crippen molar-refractivity contribution in [3.8, 4) is 0 Å². The van der Waals surface area contributed by atoms with Crippen LogP contribution in [0.15, 0.2) is 28.8 Å². The van der Waals surface area contributed by atoms with Crippen molar-refractivity contribution in [2.24, 2.45) is 19.1 Å². The molecule has 0 saturated carbocycles. The van der Waals surface area contributed by atoms with E-state index in [9.17, 15) is 0 Å². The molecule has 0 spiro atoms. The number of aryl methyl sites for hydroxylation is 2. The molecule has 0 aromatic carbocycles. The molecule has 1 N–H and O–H groups in total. The average molecular weight is 501 g/mol. The van der Waals surface area contributed by atoms with Gasteiger partial charge in [-0.15, -0.1) is 45.5 Å². The van der Waals surface area contributed by atoms with Gasteiger partial charge >= 0.3 is 0 Å². The van der Waals surface area contributed by atoms with Gasteiger partial charge < -0.3 is 14.8 Å². The third-order valence-electron chi connectivity index (χ3n) is 4.10. The quantitative estimate of drug-likeness (QED) is 0.315. The number of halogens is 1. The summed E-state index contributed by atoms with van der Waals surface area (Å²) in [5.41, 5.74) is 0. The van der Waals surface area contributed by atoms with Crippen LogP contribution in [0.25, 0.3) is 0 Å². The van der Waals surface area contributed by atoms with E-state index in [0.29, 0.717) is 13.1 Å². The van der Waals surface area contributed by atoms with Gasteiger partial charge in [0, 0.05) is 26.0 Å². The molecular formula is C16H24IN9S. The number of nitrogens with one attached hydrogen (secondary N) is 1. The van der Waals surface area contributed by atoms with Gasteiger partial charge in [-0.2, -0.15) is 5.10 Å². The van der Waals surface area contributed by atoms with E-state index < -0.39 is 0 Å². The zero-order valence-corrected chi connectivity index (χ0v) is 19.0. The first-order chi connectivity index (χ1) is 12.5. The molecule has 0 aliphatic carbocycles. The topological polar surface area (TPSA) is 89.1 Å². The predicted molar refractivity (Wildman–Crippen MR) is 116 cm³/mol. The molecule has 0 radical (unpaired) electrons. The van der Waals surface area contributed by atoms with Crippen LogP contribution in [0.1, 0.15) is 22.4 Å². The van der Waals surface area contributed by atoms with Crippen molar-refractivity contribution >= 4 is 41.3 Å². The molecule has 27 heavy (non-hydrogen) atoms. The normalized spacial score (nSPS) is 11.3. The van der Waals surface area contributed by atoms with Crippen LogP contribution in [0.2, 0.25) is 0 Å². The smallest absolute Gasteiger partial charge is 0.194 e. The number of aromatic nitrogens is 6. The molecule has 146 valence electrons. The minimum absolute atomic E-state index is 0. The summed E-state index contributed by atoms with van der Waals surface area (Å²) < 4.78 is 3.71. The summed E-state index contributed by atoms with van der Waals surface area (Å²) in [4.78, 5) is 12.3. The largest absolute Gasteiger partial charge is 0.351 e. The second-order valence-corrected chi connectivity index (χ2v) is 6.98. The number of nitrogens with zero attached hydrogens (tertiary/aromatic N) is 8. The summed E-state index contributed by atoms with van der Waals surface area (Å²) in [6, 6.07) is 4.15. The Bertz CT molecular complexity index is 868. The van der Waals surface area contributed by atoms with Crippen LogP contribution in [0.3, 0.4) is 0 Å². The Kier molecular flexibility index (Phi) is 7.71. The van der Waals surface area contributed by atoms with Gasteiger partial charge in [0.25, 0.3) is 0 Å². The first-order valence-corrected chi connectivity index (χ1v) is 9.12. The highest BCUT2D eigenvalue weighted by Crippen LogP contribution is 2.08. The highest BCUT2D eigenvalue weighted by molar-refractivity contribution is 14.0. The Hall–Kier alpha value is -2.02. The van der Waals surface area contributed by atoms with Gasteiger partial charge in [0.15, 0.2) is 11.8 Å². The first kappa shape index (κ1) is 21.3. The van der Waals surface area contributed by atoms with Gasteiger partial charge in [0.1, 0.15) is 24.5 Å². The number of hydrogen-bond acceptors (Lipinski definition) is 6. The Morgan fingerprint density at radius 3 is 2.70 bits per heavy atom. The molecule has 0 atom stereocenters. The van der Waals surface area contributed by atoms with E-state index in [0.717, 1.165) is 30.0 Å². The van der Waals surface area contributed by atoms with Crippen LogP contribution in [-0.2, 0) is 33.7 Å². The lowest BCUT2D eigenvalue weighted by atomic mass is 10.4. The average Bonchev–Trinajstić information content (AvgIpc) is 3.34. The lowest BCUT2D eigenvalue weighted by Crippen LogP contribution is -2.38. The fourth-order valence-electron chi connectivity index (χ4n) is 2.38. The fourth-order valence-corrected chi connectivity index (χ4v) is 3.02. The maximum atomic E-state index is 4.73. The van der Waals surface area contributed by atoms with Crippen molar-refractivity contribution in [1.82, 2.24) is 39.7 Å². The van der Waals surface area contributed by atoms with Crippen LogP contribution in [0, 0.1) is 6.92 Å². The van der Waals surface area contributed by atoms with Gasteiger partial charge in [0.05, 0.1) is 13.1 Å². The Morgan fingerprint density at radius 2 is 2.11 bits per heavy atom. The number of aliphatic imine (C=N–C) groups is 1. The lowest BCUT2D eigenvalue weighted by molar-refractivity contribution is 0.446. The molecule has 0 unspecified atom stereocenters. The summed E-state index contributed by atoms with van der Waals surface area (Å²) >= 11 is 1.72. The van der Waals surface area contributed by atoms with E-state index in [1.54, 1.807) is 22.3 Å². The third-order valence-corrected chi connectivity index (χ3v) is 4.98. The molecule has 3 rings (SSSR count). The Labute approximate surface area is 179 Å². The van der Waals surface area contributed by atoms with Crippen molar-refractivity contribution in [2.45, 2.75) is 26.6 Å². The van der Waals surface area contributed by atoms with Crippen LogP contribution >= 0.6 is 35.3 Å². The summed E-state index contributed by atoms with van der Waals surface area (Å²) in [5, 5.41) is 17.9. The number of thiophene rings is 1. The molecule has 3 aromatic heterocycles. The zero-order valence-electron chi connectivity index (χ0n) is 15.8. The lowest BCUT2D eigenvalue weighted by Gasteiger charge is -2.21. The van der Waals surface area contributed by atoms with Gasteiger partial charge in [-0.25, -0.2) is 9.98 Å². The van der Waals surface area contributed by atoms with Crippen molar-refractivity contribution in [3.63, 3.8) is 0 Å². The molecule has 0 amide bonds. The molecule has 0 saturated heterocycles. The second kappa shape index (κ2) is 9.78. The number of rotatable bonds is 6. The molecule has 9 nitrogen and oxygen atoms in total. The van der Waals surface area contributed by atoms with Crippen molar-refractivity contribution < 1.29 is 0 Å². The van der Waals surface area contributed by atoms with Crippen LogP contribution in [0.5, 0.6) is 0 Å². The Morgan fingerprint density at radius 1 is 1.30 bits per heavy atom. The zero-order chi connectivity index (χ0) is 18.5. The van der Waals surface area contributed by atoms with E-state index in [2.05, 4.69) is 37.0 Å². The fraction of sp³-hybridized carbons (Fsp3) is 0.438. The van der Waals surface area contributed by atoms with E-state index in [1.165, 1.54) is 4.88 Å². The first-order valence-electron chi connectivity index (χ1n) is 8.24. The predicted octanol–water partition coefficient (Wildman–Crippen LogP) is 1.71. The molecule has 0 aliphatic rings. The van der Waals surface area contributed by atoms with Gasteiger partial charge in [0.2, 0.25) is 0 Å². The maximum Gasteiger partial charge on any atom is 0.194 e. The molecule has 0 bridgehead atoms. The highest BCUT2D eigenvalue weighted by atomic mass is 127.